The number of likely N-dealkylation sites (N-methyl/N-ethyl adjacent to an activating group) is 1. The zero-order valence-corrected chi connectivity index (χ0v) is 20.5. The Kier molecular flexibility index (Phi) is 8.30. The lowest BCUT2D eigenvalue weighted by Gasteiger charge is -2.19. The Balaban J connectivity index is 1.68. The van der Waals surface area contributed by atoms with Crippen molar-refractivity contribution in [3.8, 4) is 5.75 Å². The van der Waals surface area contributed by atoms with Crippen LogP contribution in [0.1, 0.15) is 27.3 Å². The van der Waals surface area contributed by atoms with Gasteiger partial charge in [-0.2, -0.15) is 0 Å². The second-order valence-electron chi connectivity index (χ2n) is 7.43. The number of thioether (sulfide) groups is 1. The second-order valence-corrected chi connectivity index (χ2v) is 8.81. The fourth-order valence-electron chi connectivity index (χ4n) is 3.22. The molecule has 1 N–H and O–H groups in total. The summed E-state index contributed by atoms with van der Waals surface area (Å²) in [4.78, 5) is 35.9. The average Bonchev–Trinajstić information content (AvgIpc) is 2.77. The maximum absolute atomic E-state index is 13.1. The molecule has 0 fully saturated rings. The third-order valence-electron chi connectivity index (χ3n) is 4.73. The van der Waals surface area contributed by atoms with Crippen molar-refractivity contribution < 1.29 is 14.3 Å². The van der Waals surface area contributed by atoms with E-state index in [2.05, 4.69) is 15.3 Å². The molecule has 3 rings (SSSR count). The van der Waals surface area contributed by atoms with Crippen molar-refractivity contribution in [1.29, 1.82) is 0 Å². The van der Waals surface area contributed by atoms with Crippen LogP contribution in [0.5, 0.6) is 5.75 Å². The molecule has 0 aliphatic carbocycles. The lowest BCUT2D eigenvalue weighted by molar-refractivity contribution is -0.116. The number of nitrogens with zero attached hydrogens (tertiary/aromatic N) is 3. The van der Waals surface area contributed by atoms with Crippen LogP contribution in [0.3, 0.4) is 0 Å². The molecule has 0 spiro atoms. The fourth-order valence-corrected chi connectivity index (χ4v) is 4.34. The van der Waals surface area contributed by atoms with Gasteiger partial charge in [-0.15, -0.1) is 0 Å². The third kappa shape index (κ3) is 6.69. The van der Waals surface area contributed by atoms with Crippen molar-refractivity contribution in [2.45, 2.75) is 24.8 Å². The van der Waals surface area contributed by atoms with Crippen LogP contribution in [0.2, 0.25) is 5.02 Å². The van der Waals surface area contributed by atoms with Gasteiger partial charge in [0, 0.05) is 34.8 Å². The summed E-state index contributed by atoms with van der Waals surface area (Å²) >= 11 is 7.49. The smallest absolute Gasteiger partial charge is 0.254 e. The molecule has 2 aromatic carbocycles. The molecule has 2 amide bonds. The van der Waals surface area contributed by atoms with Crippen LogP contribution in [0, 0.1) is 13.8 Å². The van der Waals surface area contributed by atoms with Gasteiger partial charge in [-0.3, -0.25) is 9.59 Å². The van der Waals surface area contributed by atoms with Crippen molar-refractivity contribution in [1.82, 2.24) is 14.9 Å². The summed E-state index contributed by atoms with van der Waals surface area (Å²) in [7, 11) is 3.10. The summed E-state index contributed by atoms with van der Waals surface area (Å²) in [5.74, 6) is 0.408. The lowest BCUT2D eigenvalue weighted by atomic mass is 10.1. The number of benzene rings is 2. The molecule has 7 nitrogen and oxygen atoms in total. The monoisotopic (exact) mass is 484 g/mol. The Morgan fingerprint density at radius 3 is 2.48 bits per heavy atom. The first-order valence-electron chi connectivity index (χ1n) is 10.2. The van der Waals surface area contributed by atoms with E-state index in [-0.39, 0.29) is 18.4 Å². The van der Waals surface area contributed by atoms with Gasteiger partial charge in [0.1, 0.15) is 5.75 Å². The van der Waals surface area contributed by atoms with Crippen LogP contribution in [-0.2, 0) is 10.5 Å². The summed E-state index contributed by atoms with van der Waals surface area (Å²) < 4.78 is 5.25. The van der Waals surface area contributed by atoms with E-state index < -0.39 is 0 Å². The van der Waals surface area contributed by atoms with Gasteiger partial charge < -0.3 is 15.0 Å². The molecular formula is C24H25ClN4O3S. The van der Waals surface area contributed by atoms with E-state index >= 15 is 0 Å². The van der Waals surface area contributed by atoms with Crippen LogP contribution >= 0.6 is 23.4 Å². The number of nitrogens with one attached hydrogen (secondary N) is 1. The number of methoxy groups -OCH3 is 1. The first kappa shape index (κ1) is 24.5. The zero-order chi connectivity index (χ0) is 24.0. The minimum absolute atomic E-state index is 0.129. The van der Waals surface area contributed by atoms with Gasteiger partial charge in [-0.25, -0.2) is 9.97 Å². The maximum Gasteiger partial charge on any atom is 0.254 e. The van der Waals surface area contributed by atoms with Crippen molar-refractivity contribution in [2.24, 2.45) is 0 Å². The molecule has 3 aromatic rings. The van der Waals surface area contributed by atoms with Gasteiger partial charge in [0.25, 0.3) is 5.91 Å². The number of hydrogen-bond donors (Lipinski definition) is 1. The number of aryl methyl sites for hydroxylation is 2. The molecule has 9 heteroatoms. The van der Waals surface area contributed by atoms with Gasteiger partial charge in [-0.05, 0) is 49.7 Å². The van der Waals surface area contributed by atoms with Gasteiger partial charge in [0.05, 0.1) is 19.3 Å². The molecule has 172 valence electrons. The van der Waals surface area contributed by atoms with Crippen LogP contribution in [-0.4, -0.2) is 47.4 Å². The fraction of sp³-hybridized carbons (Fsp3) is 0.250. The molecule has 33 heavy (non-hydrogen) atoms. The van der Waals surface area contributed by atoms with E-state index in [4.69, 9.17) is 16.3 Å². The van der Waals surface area contributed by atoms with E-state index in [1.807, 2.05) is 32.0 Å². The van der Waals surface area contributed by atoms with Crippen molar-refractivity contribution in [3.63, 3.8) is 0 Å². The van der Waals surface area contributed by atoms with Crippen LogP contribution in [0.25, 0.3) is 0 Å². The Labute approximate surface area is 202 Å². The molecule has 0 saturated heterocycles. The SMILES string of the molecule is COc1ccc(Cl)cc1NC(=O)CN(C)C(=O)c1ccccc1CSc1nc(C)cc(C)n1. The quantitative estimate of drug-likeness (QED) is 0.366. The predicted molar refractivity (Wildman–Crippen MR) is 131 cm³/mol. The normalized spacial score (nSPS) is 10.6. The highest BCUT2D eigenvalue weighted by molar-refractivity contribution is 7.98. The molecule has 0 atom stereocenters. The first-order chi connectivity index (χ1) is 15.8. The molecule has 0 saturated carbocycles. The Morgan fingerprint density at radius 2 is 1.79 bits per heavy atom. The highest BCUT2D eigenvalue weighted by Crippen LogP contribution is 2.28. The number of carbonyl (C=O) groups excluding carboxylic acids is 2. The van der Waals surface area contributed by atoms with Crippen molar-refractivity contribution >= 4 is 40.9 Å². The zero-order valence-electron chi connectivity index (χ0n) is 18.9. The molecular weight excluding hydrogens is 460 g/mol. The van der Waals surface area contributed by atoms with Crippen molar-refractivity contribution in [3.05, 3.63) is 76.1 Å². The minimum atomic E-state index is -0.359. The molecule has 0 aliphatic rings. The first-order valence-corrected chi connectivity index (χ1v) is 11.5. The highest BCUT2D eigenvalue weighted by atomic mass is 35.5. The van der Waals surface area contributed by atoms with Crippen molar-refractivity contribution in [2.75, 3.05) is 26.0 Å². The minimum Gasteiger partial charge on any atom is -0.495 e. The van der Waals surface area contributed by atoms with E-state index in [9.17, 15) is 9.59 Å². The van der Waals surface area contributed by atoms with E-state index in [1.165, 1.54) is 23.8 Å². The maximum atomic E-state index is 13.1. The van der Waals surface area contributed by atoms with E-state index in [0.29, 0.717) is 32.9 Å². The molecule has 0 unspecified atom stereocenters. The van der Waals surface area contributed by atoms with Crippen LogP contribution in [0.4, 0.5) is 5.69 Å². The Hall–Kier alpha value is -3.10. The highest BCUT2D eigenvalue weighted by Gasteiger charge is 2.19. The summed E-state index contributed by atoms with van der Waals surface area (Å²) in [6.45, 7) is 3.72. The number of hydrogen-bond acceptors (Lipinski definition) is 6. The van der Waals surface area contributed by atoms with Gasteiger partial charge in [0.2, 0.25) is 5.91 Å². The molecule has 1 heterocycles. The number of rotatable bonds is 8. The van der Waals surface area contributed by atoms with Crippen LogP contribution < -0.4 is 10.1 Å². The van der Waals surface area contributed by atoms with Gasteiger partial charge in [-0.1, -0.05) is 41.6 Å². The third-order valence-corrected chi connectivity index (χ3v) is 5.86. The number of aromatic nitrogens is 2. The van der Waals surface area contributed by atoms with E-state index in [0.717, 1.165) is 17.0 Å². The number of amides is 2. The predicted octanol–water partition coefficient (Wildman–Crippen LogP) is 4.76. The van der Waals surface area contributed by atoms with Crippen LogP contribution in [0.15, 0.2) is 53.7 Å². The van der Waals surface area contributed by atoms with E-state index in [1.54, 1.807) is 37.4 Å². The van der Waals surface area contributed by atoms with Gasteiger partial charge in [0.15, 0.2) is 5.16 Å². The Bertz CT molecular complexity index is 1150. The molecule has 1 aromatic heterocycles. The van der Waals surface area contributed by atoms with Gasteiger partial charge >= 0.3 is 0 Å². The summed E-state index contributed by atoms with van der Waals surface area (Å²) in [6.07, 6.45) is 0. The topological polar surface area (TPSA) is 84.4 Å². The largest absolute Gasteiger partial charge is 0.495 e. The Morgan fingerprint density at radius 1 is 1.09 bits per heavy atom. The number of carbonyl (C=O) groups is 2. The molecule has 0 radical (unpaired) electrons. The average molecular weight is 485 g/mol. The standard InChI is InChI=1S/C24H25ClN4O3S/c1-15-11-16(2)27-24(26-15)33-14-17-7-5-6-8-19(17)23(31)29(3)13-22(30)28-20-12-18(25)9-10-21(20)32-4/h5-12H,13-14H2,1-4H3,(H,28,30). The molecule has 0 aliphatic heterocycles. The molecule has 0 bridgehead atoms. The summed E-state index contributed by atoms with van der Waals surface area (Å²) in [5, 5.41) is 3.88. The second kappa shape index (κ2) is 11.2. The number of halogens is 1. The number of anilines is 1. The number of ether oxygens (including phenoxy) is 1. The summed E-state index contributed by atoms with van der Waals surface area (Å²) in [6, 6.07) is 14.2. The summed E-state index contributed by atoms with van der Waals surface area (Å²) in [5.41, 5.74) is 3.62. The lowest BCUT2D eigenvalue weighted by Crippen LogP contribution is -2.35.